The molecule has 0 aliphatic carbocycles. The molecular formula is C17H21BrN2. The predicted molar refractivity (Wildman–Crippen MR) is 88.0 cm³/mol. The van der Waals surface area contributed by atoms with E-state index in [1.54, 1.807) is 0 Å². The minimum atomic E-state index is 0.413. The number of hydrogen-bond acceptors (Lipinski definition) is 2. The second-order valence-corrected chi connectivity index (χ2v) is 5.95. The van der Waals surface area contributed by atoms with Gasteiger partial charge in [-0.2, -0.15) is 0 Å². The van der Waals surface area contributed by atoms with E-state index in [0.717, 1.165) is 29.4 Å². The molecule has 3 heteroatoms. The summed E-state index contributed by atoms with van der Waals surface area (Å²) in [6, 6.07) is 13.3. The van der Waals surface area contributed by atoms with Gasteiger partial charge in [0.1, 0.15) is 0 Å². The topological polar surface area (TPSA) is 24.9 Å². The van der Waals surface area contributed by atoms with E-state index in [9.17, 15) is 0 Å². The van der Waals surface area contributed by atoms with Crippen LogP contribution < -0.4 is 5.32 Å². The molecule has 0 amide bonds. The molecule has 0 radical (unpaired) electrons. The highest BCUT2D eigenvalue weighted by Gasteiger charge is 2.09. The van der Waals surface area contributed by atoms with Crippen LogP contribution in [0.1, 0.15) is 23.7 Å². The van der Waals surface area contributed by atoms with Crippen molar-refractivity contribution in [1.82, 2.24) is 10.3 Å². The van der Waals surface area contributed by atoms with Crippen LogP contribution in [0.2, 0.25) is 0 Å². The summed E-state index contributed by atoms with van der Waals surface area (Å²) in [5.74, 6) is 0. The minimum Gasteiger partial charge on any atom is -0.316 e. The molecule has 1 atom stereocenters. The van der Waals surface area contributed by atoms with Gasteiger partial charge in [0.2, 0.25) is 0 Å². The van der Waals surface area contributed by atoms with Crippen molar-refractivity contribution in [2.75, 3.05) is 7.05 Å². The average Bonchev–Trinajstić information content (AvgIpc) is 2.49. The second kappa shape index (κ2) is 7.55. The van der Waals surface area contributed by atoms with E-state index in [0.29, 0.717) is 6.04 Å². The van der Waals surface area contributed by atoms with Gasteiger partial charge in [0.25, 0.3) is 0 Å². The zero-order valence-corrected chi connectivity index (χ0v) is 13.7. The number of halogens is 1. The Morgan fingerprint density at radius 1 is 1.05 bits per heavy atom. The smallest absolute Gasteiger partial charge is 0.0419 e. The Kier molecular flexibility index (Phi) is 5.74. The number of aryl methyl sites for hydroxylation is 1. The van der Waals surface area contributed by atoms with Crippen LogP contribution in [0.25, 0.3) is 0 Å². The first-order valence-electron chi connectivity index (χ1n) is 7.06. The quantitative estimate of drug-likeness (QED) is 0.870. The van der Waals surface area contributed by atoms with Crippen LogP contribution in [0.3, 0.4) is 0 Å². The highest BCUT2D eigenvalue weighted by Crippen LogP contribution is 2.13. The molecule has 1 aromatic heterocycles. The third-order valence-electron chi connectivity index (χ3n) is 3.55. The Balaban J connectivity index is 1.99. The Hall–Kier alpha value is -1.19. The van der Waals surface area contributed by atoms with Gasteiger partial charge in [-0.25, -0.2) is 0 Å². The largest absolute Gasteiger partial charge is 0.316 e. The van der Waals surface area contributed by atoms with E-state index in [1.165, 1.54) is 11.1 Å². The number of nitrogens with zero attached hydrogens (tertiary/aromatic N) is 1. The summed E-state index contributed by atoms with van der Waals surface area (Å²) < 4.78 is 1.12. The Morgan fingerprint density at radius 3 is 2.30 bits per heavy atom. The van der Waals surface area contributed by atoms with E-state index >= 15 is 0 Å². The Labute approximate surface area is 129 Å². The van der Waals surface area contributed by atoms with Crippen LogP contribution in [0.5, 0.6) is 0 Å². The number of benzene rings is 1. The number of pyridine rings is 1. The lowest BCUT2D eigenvalue weighted by Gasteiger charge is -2.16. The minimum absolute atomic E-state index is 0.413. The zero-order valence-electron chi connectivity index (χ0n) is 12.1. The van der Waals surface area contributed by atoms with E-state index in [-0.39, 0.29) is 0 Å². The summed E-state index contributed by atoms with van der Waals surface area (Å²) >= 11 is 3.47. The van der Waals surface area contributed by atoms with Crippen molar-refractivity contribution in [3.05, 3.63) is 63.9 Å². The van der Waals surface area contributed by atoms with Crippen molar-refractivity contribution in [2.24, 2.45) is 0 Å². The van der Waals surface area contributed by atoms with Gasteiger partial charge in [-0.05, 0) is 49.2 Å². The molecule has 0 aliphatic heterocycles. The maximum Gasteiger partial charge on any atom is 0.0419 e. The van der Waals surface area contributed by atoms with E-state index in [1.807, 2.05) is 13.2 Å². The molecule has 0 aliphatic rings. The molecule has 2 rings (SSSR count). The van der Waals surface area contributed by atoms with Crippen LogP contribution in [-0.2, 0) is 19.3 Å². The van der Waals surface area contributed by atoms with Crippen molar-refractivity contribution in [3.8, 4) is 0 Å². The van der Waals surface area contributed by atoms with Gasteiger partial charge in [0, 0.05) is 28.8 Å². The van der Waals surface area contributed by atoms with Gasteiger partial charge in [-0.15, -0.1) is 0 Å². The second-order valence-electron chi connectivity index (χ2n) is 5.03. The van der Waals surface area contributed by atoms with Crippen LogP contribution in [-0.4, -0.2) is 18.1 Å². The molecule has 0 fully saturated rings. The molecule has 0 bridgehead atoms. The fourth-order valence-electron chi connectivity index (χ4n) is 2.22. The lowest BCUT2D eigenvalue weighted by molar-refractivity contribution is 0.550. The molecule has 1 aromatic carbocycles. The molecular weight excluding hydrogens is 312 g/mol. The Morgan fingerprint density at radius 2 is 1.75 bits per heavy atom. The summed E-state index contributed by atoms with van der Waals surface area (Å²) in [4.78, 5) is 4.55. The number of likely N-dealkylation sites (N-methyl/N-ethyl adjacent to an activating group) is 1. The molecule has 106 valence electrons. The summed E-state index contributed by atoms with van der Waals surface area (Å²) in [7, 11) is 2.02. The maximum absolute atomic E-state index is 4.55. The molecule has 0 spiro atoms. The van der Waals surface area contributed by atoms with E-state index in [2.05, 4.69) is 69.6 Å². The van der Waals surface area contributed by atoms with Crippen LogP contribution >= 0.6 is 15.9 Å². The number of nitrogens with one attached hydrogen (secondary N) is 1. The molecule has 0 saturated heterocycles. The van der Waals surface area contributed by atoms with Gasteiger partial charge in [0.15, 0.2) is 0 Å². The molecule has 1 heterocycles. The summed E-state index contributed by atoms with van der Waals surface area (Å²) in [5, 5.41) is 3.39. The third kappa shape index (κ3) is 4.43. The van der Waals surface area contributed by atoms with Crippen LogP contribution in [0.4, 0.5) is 0 Å². The normalized spacial score (nSPS) is 12.3. The van der Waals surface area contributed by atoms with E-state index < -0.39 is 0 Å². The molecule has 0 saturated carbocycles. The van der Waals surface area contributed by atoms with Crippen molar-refractivity contribution in [2.45, 2.75) is 32.2 Å². The molecule has 1 unspecified atom stereocenters. The molecule has 2 nitrogen and oxygen atoms in total. The van der Waals surface area contributed by atoms with Gasteiger partial charge in [-0.3, -0.25) is 4.98 Å². The molecule has 2 aromatic rings. The Bertz CT molecular complexity index is 520. The van der Waals surface area contributed by atoms with Gasteiger partial charge >= 0.3 is 0 Å². The number of hydrogen-bond donors (Lipinski definition) is 1. The average molecular weight is 333 g/mol. The first kappa shape index (κ1) is 15.2. The zero-order chi connectivity index (χ0) is 14.4. The SMILES string of the molecule is CCc1ccc(CC(Cc2ccc(Br)cc2)NC)nc1. The summed E-state index contributed by atoms with van der Waals surface area (Å²) in [6.45, 7) is 2.15. The monoisotopic (exact) mass is 332 g/mol. The van der Waals surface area contributed by atoms with Gasteiger partial charge in [0.05, 0.1) is 0 Å². The predicted octanol–water partition coefficient (Wildman–Crippen LogP) is 3.78. The lowest BCUT2D eigenvalue weighted by atomic mass is 10.0. The van der Waals surface area contributed by atoms with Crippen LogP contribution in [0.15, 0.2) is 47.1 Å². The third-order valence-corrected chi connectivity index (χ3v) is 4.08. The fourth-order valence-corrected chi connectivity index (χ4v) is 2.48. The fraction of sp³-hybridized carbons (Fsp3) is 0.353. The van der Waals surface area contributed by atoms with Crippen molar-refractivity contribution in [1.29, 1.82) is 0 Å². The number of rotatable bonds is 6. The first-order chi connectivity index (χ1) is 9.71. The van der Waals surface area contributed by atoms with Crippen molar-refractivity contribution < 1.29 is 0 Å². The lowest BCUT2D eigenvalue weighted by Crippen LogP contribution is -2.30. The highest BCUT2D eigenvalue weighted by atomic mass is 79.9. The highest BCUT2D eigenvalue weighted by molar-refractivity contribution is 9.10. The standard InChI is InChI=1S/C17H21BrN2/c1-3-13-6-9-16(20-12-13)11-17(19-2)10-14-4-7-15(18)8-5-14/h4-9,12,17,19H,3,10-11H2,1-2H3. The first-order valence-corrected chi connectivity index (χ1v) is 7.86. The van der Waals surface area contributed by atoms with Gasteiger partial charge in [-0.1, -0.05) is 41.1 Å². The van der Waals surface area contributed by atoms with Crippen molar-refractivity contribution in [3.63, 3.8) is 0 Å². The van der Waals surface area contributed by atoms with Crippen molar-refractivity contribution >= 4 is 15.9 Å². The molecule has 20 heavy (non-hydrogen) atoms. The van der Waals surface area contributed by atoms with E-state index in [4.69, 9.17) is 0 Å². The molecule has 1 N–H and O–H groups in total. The number of aromatic nitrogens is 1. The maximum atomic E-state index is 4.55. The van der Waals surface area contributed by atoms with Gasteiger partial charge < -0.3 is 5.32 Å². The summed E-state index contributed by atoms with van der Waals surface area (Å²) in [5.41, 5.74) is 3.79. The van der Waals surface area contributed by atoms with Crippen LogP contribution in [0, 0.1) is 0 Å². The summed E-state index contributed by atoms with van der Waals surface area (Å²) in [6.07, 6.45) is 5.00.